The predicted molar refractivity (Wildman–Crippen MR) is 81.0 cm³/mol. The molecule has 1 aromatic carbocycles. The van der Waals surface area contributed by atoms with Gasteiger partial charge in [0.15, 0.2) is 12.0 Å². The van der Waals surface area contributed by atoms with E-state index in [4.69, 9.17) is 9.84 Å². The highest BCUT2D eigenvalue weighted by molar-refractivity contribution is 5.73. The normalized spacial score (nSPS) is 23.9. The molecule has 0 radical (unpaired) electrons. The van der Waals surface area contributed by atoms with Crippen LogP contribution in [0.4, 0.5) is 5.82 Å². The van der Waals surface area contributed by atoms with Gasteiger partial charge in [-0.1, -0.05) is 30.3 Å². The van der Waals surface area contributed by atoms with Crippen molar-refractivity contribution in [3.05, 3.63) is 47.0 Å². The zero-order valence-corrected chi connectivity index (χ0v) is 12.2. The number of anilines is 1. The van der Waals surface area contributed by atoms with Gasteiger partial charge in [0.05, 0.1) is 12.7 Å². The van der Waals surface area contributed by atoms with E-state index in [-0.39, 0.29) is 18.8 Å². The molecular formula is C15H17N3O5. The largest absolute Gasteiger partial charge is 0.394 e. The van der Waals surface area contributed by atoms with E-state index in [0.717, 1.165) is 5.56 Å². The molecule has 1 aliphatic rings. The van der Waals surface area contributed by atoms with Crippen LogP contribution in [0.1, 0.15) is 12.6 Å². The van der Waals surface area contributed by atoms with Crippen LogP contribution in [0.5, 0.6) is 0 Å². The van der Waals surface area contributed by atoms with E-state index in [0.29, 0.717) is 5.56 Å². The van der Waals surface area contributed by atoms with Crippen LogP contribution in [-0.4, -0.2) is 43.8 Å². The summed E-state index contributed by atoms with van der Waals surface area (Å²) >= 11 is 0. The van der Waals surface area contributed by atoms with Crippen LogP contribution >= 0.6 is 0 Å². The minimum absolute atomic E-state index is 0.0173. The second-order valence-electron chi connectivity index (χ2n) is 5.31. The van der Waals surface area contributed by atoms with Crippen molar-refractivity contribution in [2.24, 2.45) is 0 Å². The number of rotatable bonds is 4. The van der Waals surface area contributed by atoms with Crippen LogP contribution < -0.4 is 11.2 Å². The standard InChI is InChI=1S/C15H17N3O5/c19-8-10-6-12(20)14(23-10)18-7-11(9-4-2-1-3-5-9)13(17-22)16-15(18)21/h1-5,7,10,12,14,19-20,22H,6,8H2,(H,16,17,21)/t10-,12+,14+/m0/s1. The van der Waals surface area contributed by atoms with Gasteiger partial charge in [-0.2, -0.15) is 4.98 Å². The highest BCUT2D eigenvalue weighted by atomic mass is 16.5. The molecule has 4 N–H and O–H groups in total. The van der Waals surface area contributed by atoms with Gasteiger partial charge in [0, 0.05) is 18.2 Å². The first-order valence-electron chi connectivity index (χ1n) is 7.17. The molecule has 2 heterocycles. The molecule has 0 spiro atoms. The monoisotopic (exact) mass is 319 g/mol. The number of aromatic nitrogens is 2. The molecule has 122 valence electrons. The Kier molecular flexibility index (Phi) is 4.39. The Balaban J connectivity index is 2.07. The van der Waals surface area contributed by atoms with E-state index >= 15 is 0 Å². The second-order valence-corrected chi connectivity index (χ2v) is 5.31. The molecular weight excluding hydrogens is 302 g/mol. The molecule has 0 bridgehead atoms. The summed E-state index contributed by atoms with van der Waals surface area (Å²) in [7, 11) is 0. The summed E-state index contributed by atoms with van der Waals surface area (Å²) in [5.74, 6) is 0.0173. The first-order chi connectivity index (χ1) is 11.1. The number of nitrogens with one attached hydrogen (secondary N) is 1. The van der Waals surface area contributed by atoms with Crippen LogP contribution in [0.3, 0.4) is 0 Å². The summed E-state index contributed by atoms with van der Waals surface area (Å²) in [6.07, 6.45) is -0.686. The molecule has 8 heteroatoms. The Morgan fingerprint density at radius 3 is 2.70 bits per heavy atom. The van der Waals surface area contributed by atoms with Gasteiger partial charge in [0.25, 0.3) is 0 Å². The van der Waals surface area contributed by atoms with E-state index in [1.165, 1.54) is 10.8 Å². The zero-order chi connectivity index (χ0) is 16.4. The lowest BCUT2D eigenvalue weighted by molar-refractivity contribution is -0.0529. The Labute approximate surface area is 131 Å². The van der Waals surface area contributed by atoms with E-state index in [1.807, 2.05) is 23.7 Å². The van der Waals surface area contributed by atoms with Gasteiger partial charge in [-0.15, -0.1) is 0 Å². The maximum absolute atomic E-state index is 12.2. The minimum Gasteiger partial charge on any atom is -0.394 e. The van der Waals surface area contributed by atoms with Gasteiger partial charge in [0.2, 0.25) is 0 Å². The minimum atomic E-state index is -0.928. The Bertz CT molecular complexity index is 734. The lowest BCUT2D eigenvalue weighted by Gasteiger charge is -2.19. The van der Waals surface area contributed by atoms with Gasteiger partial charge in [-0.3, -0.25) is 15.3 Å². The molecule has 8 nitrogen and oxygen atoms in total. The number of hydrogen-bond acceptors (Lipinski definition) is 7. The van der Waals surface area contributed by atoms with Gasteiger partial charge < -0.3 is 14.9 Å². The molecule has 1 fully saturated rings. The molecule has 0 unspecified atom stereocenters. The third-order valence-corrected chi connectivity index (χ3v) is 3.79. The first kappa shape index (κ1) is 15.6. The van der Waals surface area contributed by atoms with Crippen LogP contribution in [0.25, 0.3) is 11.1 Å². The fraction of sp³-hybridized carbons (Fsp3) is 0.333. The number of benzene rings is 1. The summed E-state index contributed by atoms with van der Waals surface area (Å²) in [5, 5.41) is 28.4. The van der Waals surface area contributed by atoms with Crippen molar-refractivity contribution in [1.82, 2.24) is 9.55 Å². The average Bonchev–Trinajstić information content (AvgIpc) is 2.96. The van der Waals surface area contributed by atoms with Crippen molar-refractivity contribution in [3.63, 3.8) is 0 Å². The molecule has 0 saturated carbocycles. The summed E-state index contributed by atoms with van der Waals surface area (Å²) in [6, 6.07) is 9.07. The topological polar surface area (TPSA) is 117 Å². The highest BCUT2D eigenvalue weighted by Gasteiger charge is 2.35. The van der Waals surface area contributed by atoms with Gasteiger partial charge in [0.1, 0.15) is 6.10 Å². The number of ether oxygens (including phenoxy) is 1. The van der Waals surface area contributed by atoms with Gasteiger partial charge >= 0.3 is 5.69 Å². The number of aliphatic hydroxyl groups excluding tert-OH is 2. The van der Waals surface area contributed by atoms with Crippen LogP contribution in [0.2, 0.25) is 0 Å². The number of aliphatic hydroxyl groups is 2. The summed E-state index contributed by atoms with van der Waals surface area (Å²) in [5.41, 5.74) is 2.45. The van der Waals surface area contributed by atoms with Crippen LogP contribution in [0.15, 0.2) is 41.3 Å². The fourth-order valence-corrected chi connectivity index (χ4v) is 2.66. The molecule has 2 aromatic rings. The average molecular weight is 319 g/mol. The molecule has 23 heavy (non-hydrogen) atoms. The Hall–Kier alpha value is -2.26. The van der Waals surface area contributed by atoms with E-state index in [1.54, 1.807) is 12.1 Å². The Morgan fingerprint density at radius 1 is 1.35 bits per heavy atom. The third-order valence-electron chi connectivity index (χ3n) is 3.79. The van der Waals surface area contributed by atoms with Gasteiger partial charge in [-0.25, -0.2) is 4.79 Å². The van der Waals surface area contributed by atoms with Gasteiger partial charge in [-0.05, 0) is 5.56 Å². The molecule has 0 amide bonds. The van der Waals surface area contributed by atoms with Crippen molar-refractivity contribution in [2.75, 3.05) is 12.1 Å². The van der Waals surface area contributed by atoms with E-state index in [2.05, 4.69) is 4.98 Å². The molecule has 1 aliphatic heterocycles. The zero-order valence-electron chi connectivity index (χ0n) is 12.2. The summed E-state index contributed by atoms with van der Waals surface area (Å²) in [4.78, 5) is 15.9. The molecule has 3 atom stereocenters. The first-order valence-corrected chi connectivity index (χ1v) is 7.17. The van der Waals surface area contributed by atoms with Crippen molar-refractivity contribution in [3.8, 4) is 11.1 Å². The fourth-order valence-electron chi connectivity index (χ4n) is 2.66. The molecule has 1 aromatic heterocycles. The Morgan fingerprint density at radius 2 is 2.09 bits per heavy atom. The van der Waals surface area contributed by atoms with Crippen molar-refractivity contribution in [1.29, 1.82) is 0 Å². The van der Waals surface area contributed by atoms with E-state index < -0.39 is 24.1 Å². The molecule has 3 rings (SSSR count). The SMILES string of the molecule is O=c1nc(NO)c(-c2ccccc2)cn1[C@@H]1O[C@H](CO)C[C@H]1O. The maximum Gasteiger partial charge on any atom is 0.351 e. The smallest absolute Gasteiger partial charge is 0.351 e. The number of hydrogen-bond donors (Lipinski definition) is 4. The van der Waals surface area contributed by atoms with E-state index in [9.17, 15) is 15.1 Å². The summed E-state index contributed by atoms with van der Waals surface area (Å²) in [6.45, 7) is -0.239. The summed E-state index contributed by atoms with van der Waals surface area (Å²) < 4.78 is 6.66. The predicted octanol–water partition coefficient (Wildman–Crippen LogP) is 0.352. The third kappa shape index (κ3) is 2.97. The quantitative estimate of drug-likeness (QED) is 0.601. The van der Waals surface area contributed by atoms with Crippen molar-refractivity contribution in [2.45, 2.75) is 24.9 Å². The van der Waals surface area contributed by atoms with Crippen molar-refractivity contribution >= 4 is 5.82 Å². The molecule has 0 aliphatic carbocycles. The lowest BCUT2D eigenvalue weighted by Crippen LogP contribution is -2.32. The second kappa shape index (κ2) is 6.47. The lowest BCUT2D eigenvalue weighted by atomic mass is 10.1. The maximum atomic E-state index is 12.2. The van der Waals surface area contributed by atoms with Crippen molar-refractivity contribution < 1.29 is 20.2 Å². The molecule has 1 saturated heterocycles. The highest BCUT2D eigenvalue weighted by Crippen LogP contribution is 2.30. The van der Waals surface area contributed by atoms with Crippen LogP contribution in [-0.2, 0) is 4.74 Å². The number of nitrogens with zero attached hydrogens (tertiary/aromatic N) is 2. The van der Waals surface area contributed by atoms with Crippen LogP contribution in [0, 0.1) is 0 Å².